The second kappa shape index (κ2) is 9.20. The Kier molecular flexibility index (Phi) is 6.97. The van der Waals surface area contributed by atoms with Crippen LogP contribution in [0.5, 0.6) is 5.75 Å². The minimum atomic E-state index is -0.707. The van der Waals surface area contributed by atoms with Crippen LogP contribution in [-0.2, 0) is 16.0 Å². The van der Waals surface area contributed by atoms with Crippen LogP contribution < -0.4 is 10.1 Å². The SMILES string of the molecule is CCN(CCc1ccncc1)C(=O)C(=O)Nc1cc(C)c(Cl)cc1OC. The molecule has 1 heterocycles. The number of halogens is 1. The summed E-state index contributed by atoms with van der Waals surface area (Å²) in [6, 6.07) is 7.07. The Morgan fingerprint density at radius 1 is 1.27 bits per heavy atom. The van der Waals surface area contributed by atoms with Crippen LogP contribution in [0.2, 0.25) is 5.02 Å². The maximum atomic E-state index is 12.5. The van der Waals surface area contributed by atoms with Gasteiger partial charge in [0.2, 0.25) is 0 Å². The van der Waals surface area contributed by atoms with Gasteiger partial charge in [-0.05, 0) is 49.6 Å². The van der Waals surface area contributed by atoms with Gasteiger partial charge in [-0.3, -0.25) is 14.6 Å². The highest BCUT2D eigenvalue weighted by Crippen LogP contribution is 2.30. The van der Waals surface area contributed by atoms with Crippen molar-refractivity contribution in [2.24, 2.45) is 0 Å². The molecule has 7 heteroatoms. The van der Waals surface area contributed by atoms with Crippen LogP contribution in [0, 0.1) is 6.92 Å². The lowest BCUT2D eigenvalue weighted by molar-refractivity contribution is -0.143. The predicted octanol–water partition coefficient (Wildman–Crippen LogP) is 3.08. The molecule has 1 aromatic heterocycles. The number of amides is 2. The Morgan fingerprint density at radius 2 is 1.96 bits per heavy atom. The number of benzene rings is 1. The number of hydrogen-bond donors (Lipinski definition) is 1. The van der Waals surface area contributed by atoms with Crippen molar-refractivity contribution in [3.63, 3.8) is 0 Å². The number of ether oxygens (including phenoxy) is 1. The van der Waals surface area contributed by atoms with Crippen LogP contribution in [-0.4, -0.2) is 41.9 Å². The zero-order valence-corrected chi connectivity index (χ0v) is 15.8. The summed E-state index contributed by atoms with van der Waals surface area (Å²) in [7, 11) is 1.48. The Bertz CT molecular complexity index is 781. The van der Waals surface area contributed by atoms with Crippen LogP contribution >= 0.6 is 11.6 Å². The first-order valence-electron chi connectivity index (χ1n) is 8.29. The number of aromatic nitrogens is 1. The van der Waals surface area contributed by atoms with Crippen LogP contribution in [0.3, 0.4) is 0 Å². The second-order valence-corrected chi connectivity index (χ2v) is 6.15. The minimum Gasteiger partial charge on any atom is -0.495 e. The molecule has 2 aromatic rings. The summed E-state index contributed by atoms with van der Waals surface area (Å²) in [4.78, 5) is 30.3. The van der Waals surface area contributed by atoms with E-state index < -0.39 is 11.8 Å². The summed E-state index contributed by atoms with van der Waals surface area (Å²) in [6.07, 6.45) is 4.06. The molecule has 0 unspecified atom stereocenters. The van der Waals surface area contributed by atoms with E-state index in [2.05, 4.69) is 10.3 Å². The maximum absolute atomic E-state index is 12.5. The molecular weight excluding hydrogens is 354 g/mol. The first-order chi connectivity index (χ1) is 12.5. The summed E-state index contributed by atoms with van der Waals surface area (Å²) in [5, 5.41) is 3.15. The summed E-state index contributed by atoms with van der Waals surface area (Å²) < 4.78 is 5.22. The van der Waals surface area contributed by atoms with Gasteiger partial charge in [-0.1, -0.05) is 11.6 Å². The Labute approximate surface area is 158 Å². The van der Waals surface area contributed by atoms with Gasteiger partial charge >= 0.3 is 11.8 Å². The third kappa shape index (κ3) is 4.95. The molecule has 1 N–H and O–H groups in total. The molecule has 2 rings (SSSR count). The molecule has 138 valence electrons. The number of carbonyl (C=O) groups excluding carboxylic acids is 2. The lowest BCUT2D eigenvalue weighted by Crippen LogP contribution is -2.40. The zero-order chi connectivity index (χ0) is 19.1. The molecular formula is C19H22ClN3O3. The van der Waals surface area contributed by atoms with E-state index in [-0.39, 0.29) is 0 Å². The molecule has 1 aromatic carbocycles. The third-order valence-electron chi connectivity index (χ3n) is 4.01. The molecule has 0 aliphatic carbocycles. The highest BCUT2D eigenvalue weighted by molar-refractivity contribution is 6.39. The van der Waals surface area contributed by atoms with Crippen molar-refractivity contribution in [3.8, 4) is 5.75 Å². The minimum absolute atomic E-state index is 0.404. The van der Waals surface area contributed by atoms with Crippen molar-refractivity contribution in [2.45, 2.75) is 20.3 Å². The Morgan fingerprint density at radius 3 is 2.58 bits per heavy atom. The smallest absolute Gasteiger partial charge is 0.314 e. The summed E-state index contributed by atoms with van der Waals surface area (Å²) in [6.45, 7) is 4.54. The lowest BCUT2D eigenvalue weighted by atomic mass is 10.2. The average Bonchev–Trinajstić information content (AvgIpc) is 2.65. The molecule has 2 amide bonds. The largest absolute Gasteiger partial charge is 0.495 e. The van der Waals surface area contributed by atoms with Crippen molar-refractivity contribution in [3.05, 3.63) is 52.8 Å². The summed E-state index contributed by atoms with van der Waals surface area (Å²) in [5.74, 6) is -0.889. The van der Waals surface area contributed by atoms with Crippen LogP contribution in [0.15, 0.2) is 36.7 Å². The number of carbonyl (C=O) groups is 2. The number of pyridine rings is 1. The number of hydrogen-bond acceptors (Lipinski definition) is 4. The number of methoxy groups -OCH3 is 1. The van der Waals surface area contributed by atoms with E-state index in [9.17, 15) is 9.59 Å². The van der Waals surface area contributed by atoms with Gasteiger partial charge in [0.25, 0.3) is 0 Å². The maximum Gasteiger partial charge on any atom is 0.314 e. The predicted molar refractivity (Wildman–Crippen MR) is 102 cm³/mol. The van der Waals surface area contributed by atoms with Crippen LogP contribution in [0.4, 0.5) is 5.69 Å². The van der Waals surface area contributed by atoms with E-state index in [4.69, 9.17) is 16.3 Å². The fourth-order valence-corrected chi connectivity index (χ4v) is 2.62. The fourth-order valence-electron chi connectivity index (χ4n) is 2.47. The molecule has 0 aliphatic heterocycles. The third-order valence-corrected chi connectivity index (χ3v) is 4.42. The van der Waals surface area contributed by atoms with E-state index >= 15 is 0 Å². The molecule has 0 radical (unpaired) electrons. The standard InChI is InChI=1S/C19H22ClN3O3/c1-4-23(10-7-14-5-8-21-9-6-14)19(25)18(24)22-16-11-13(2)15(20)12-17(16)26-3/h5-6,8-9,11-12H,4,7,10H2,1-3H3,(H,22,24). The first-order valence-corrected chi connectivity index (χ1v) is 8.67. The molecule has 26 heavy (non-hydrogen) atoms. The zero-order valence-electron chi connectivity index (χ0n) is 15.1. The van der Waals surface area contributed by atoms with Crippen molar-refractivity contribution >= 4 is 29.1 Å². The van der Waals surface area contributed by atoms with Crippen molar-refractivity contribution in [2.75, 3.05) is 25.5 Å². The van der Waals surface area contributed by atoms with Crippen molar-refractivity contribution in [1.29, 1.82) is 0 Å². The van der Waals surface area contributed by atoms with Gasteiger partial charge in [0.15, 0.2) is 0 Å². The normalized spacial score (nSPS) is 10.3. The number of aryl methyl sites for hydroxylation is 1. The molecule has 0 saturated carbocycles. The molecule has 0 spiro atoms. The van der Waals surface area contributed by atoms with Crippen LogP contribution in [0.1, 0.15) is 18.1 Å². The molecule has 0 saturated heterocycles. The molecule has 0 fully saturated rings. The van der Waals surface area contributed by atoms with Gasteiger partial charge in [0, 0.05) is 36.6 Å². The van der Waals surface area contributed by atoms with Gasteiger partial charge < -0.3 is 15.0 Å². The quantitative estimate of drug-likeness (QED) is 0.787. The molecule has 6 nitrogen and oxygen atoms in total. The molecule has 0 bridgehead atoms. The van der Waals surface area contributed by atoms with E-state index in [1.807, 2.05) is 26.0 Å². The van der Waals surface area contributed by atoms with Gasteiger partial charge in [-0.2, -0.15) is 0 Å². The van der Waals surface area contributed by atoms with Crippen molar-refractivity contribution < 1.29 is 14.3 Å². The fraction of sp³-hybridized carbons (Fsp3) is 0.316. The number of nitrogens with zero attached hydrogens (tertiary/aromatic N) is 2. The number of rotatable bonds is 6. The number of nitrogens with one attached hydrogen (secondary N) is 1. The van der Waals surface area contributed by atoms with Crippen molar-refractivity contribution in [1.82, 2.24) is 9.88 Å². The topological polar surface area (TPSA) is 71.5 Å². The average molecular weight is 376 g/mol. The van der Waals surface area contributed by atoms with Gasteiger partial charge in [-0.25, -0.2) is 0 Å². The second-order valence-electron chi connectivity index (χ2n) is 5.75. The van der Waals surface area contributed by atoms with Gasteiger partial charge in [0.05, 0.1) is 12.8 Å². The van der Waals surface area contributed by atoms with E-state index in [1.54, 1.807) is 24.5 Å². The summed E-state index contributed by atoms with van der Waals surface area (Å²) >= 11 is 6.06. The van der Waals surface area contributed by atoms with E-state index in [0.717, 1.165) is 11.1 Å². The van der Waals surface area contributed by atoms with Gasteiger partial charge in [0.1, 0.15) is 5.75 Å². The Hall–Kier alpha value is -2.60. The Balaban J connectivity index is 2.05. The number of likely N-dealkylation sites (N-methyl/N-ethyl adjacent to an activating group) is 1. The van der Waals surface area contributed by atoms with E-state index in [1.165, 1.54) is 12.0 Å². The number of anilines is 1. The lowest BCUT2D eigenvalue weighted by Gasteiger charge is -2.20. The molecule has 0 atom stereocenters. The van der Waals surface area contributed by atoms with E-state index in [0.29, 0.717) is 36.0 Å². The highest BCUT2D eigenvalue weighted by atomic mass is 35.5. The monoisotopic (exact) mass is 375 g/mol. The first kappa shape index (κ1) is 19.7. The van der Waals surface area contributed by atoms with Crippen LogP contribution in [0.25, 0.3) is 0 Å². The molecule has 0 aliphatic rings. The van der Waals surface area contributed by atoms with Gasteiger partial charge in [-0.15, -0.1) is 0 Å². The summed E-state index contributed by atoms with van der Waals surface area (Å²) in [5.41, 5.74) is 2.25. The highest BCUT2D eigenvalue weighted by Gasteiger charge is 2.22.